The maximum atomic E-state index is 5.80. The number of aromatic nitrogens is 2. The van der Waals surface area contributed by atoms with Crippen LogP contribution < -0.4 is 4.74 Å². The topological polar surface area (TPSA) is 35.0 Å². The summed E-state index contributed by atoms with van der Waals surface area (Å²) < 4.78 is 13.4. The molecule has 0 unspecified atom stereocenters. The Morgan fingerprint density at radius 1 is 1.46 bits per heavy atom. The summed E-state index contributed by atoms with van der Waals surface area (Å²) in [5.74, 6) is 1.17. The molecule has 0 saturated carbocycles. The second-order valence-corrected chi connectivity index (χ2v) is 3.31. The van der Waals surface area contributed by atoms with E-state index in [-0.39, 0.29) is 0 Å². The predicted molar refractivity (Wildman–Crippen MR) is 53.5 cm³/mol. The first-order chi connectivity index (χ1) is 6.36. The zero-order chi connectivity index (χ0) is 9.26. The molecular weight excluding hydrogens is 208 g/mol. The number of fused-ring (bicyclic) bond motifs is 1. The lowest BCUT2D eigenvalue weighted by molar-refractivity contribution is 0.412. The third kappa shape index (κ3) is 1.36. The average Bonchev–Trinajstić information content (AvgIpc) is 2.63. The van der Waals surface area contributed by atoms with Gasteiger partial charge in [0.2, 0.25) is 0 Å². The van der Waals surface area contributed by atoms with Gasteiger partial charge in [0.05, 0.1) is 24.7 Å². The normalized spacial score (nSPS) is 10.6. The SMILES string of the molecule is COc1ccc2nsnc2c1CCl. The summed E-state index contributed by atoms with van der Waals surface area (Å²) in [6, 6.07) is 3.75. The van der Waals surface area contributed by atoms with Gasteiger partial charge in [-0.05, 0) is 12.1 Å². The van der Waals surface area contributed by atoms with Crippen molar-refractivity contribution in [3.05, 3.63) is 17.7 Å². The summed E-state index contributed by atoms with van der Waals surface area (Å²) in [6.07, 6.45) is 0. The van der Waals surface area contributed by atoms with E-state index in [2.05, 4.69) is 8.75 Å². The van der Waals surface area contributed by atoms with E-state index >= 15 is 0 Å². The van der Waals surface area contributed by atoms with Crippen LogP contribution in [0.5, 0.6) is 5.75 Å². The van der Waals surface area contributed by atoms with Crippen LogP contribution in [0.2, 0.25) is 0 Å². The number of hydrogen-bond acceptors (Lipinski definition) is 4. The molecule has 2 aromatic rings. The number of rotatable bonds is 2. The number of halogens is 1. The van der Waals surface area contributed by atoms with Crippen molar-refractivity contribution in [3.63, 3.8) is 0 Å². The minimum Gasteiger partial charge on any atom is -0.496 e. The zero-order valence-corrected chi connectivity index (χ0v) is 8.52. The number of alkyl halides is 1. The number of nitrogens with zero attached hydrogens (tertiary/aromatic N) is 2. The highest BCUT2D eigenvalue weighted by molar-refractivity contribution is 7.00. The lowest BCUT2D eigenvalue weighted by Gasteiger charge is -2.04. The fraction of sp³-hybridized carbons (Fsp3) is 0.250. The second-order valence-electron chi connectivity index (χ2n) is 2.51. The lowest BCUT2D eigenvalue weighted by Crippen LogP contribution is -1.90. The van der Waals surface area contributed by atoms with Gasteiger partial charge in [0.25, 0.3) is 0 Å². The summed E-state index contributed by atoms with van der Waals surface area (Å²) >= 11 is 6.99. The smallest absolute Gasteiger partial charge is 0.125 e. The van der Waals surface area contributed by atoms with E-state index in [0.717, 1.165) is 22.3 Å². The Hall–Kier alpha value is -0.870. The summed E-state index contributed by atoms with van der Waals surface area (Å²) in [4.78, 5) is 0. The molecule has 13 heavy (non-hydrogen) atoms. The van der Waals surface area contributed by atoms with Crippen LogP contribution in [0.4, 0.5) is 0 Å². The molecule has 3 nitrogen and oxygen atoms in total. The molecule has 0 radical (unpaired) electrons. The van der Waals surface area contributed by atoms with Crippen molar-refractivity contribution in [2.24, 2.45) is 0 Å². The van der Waals surface area contributed by atoms with Gasteiger partial charge in [0.15, 0.2) is 0 Å². The van der Waals surface area contributed by atoms with Crippen molar-refractivity contribution < 1.29 is 4.74 Å². The number of benzene rings is 1. The monoisotopic (exact) mass is 214 g/mol. The minimum absolute atomic E-state index is 0.395. The van der Waals surface area contributed by atoms with Crippen LogP contribution >= 0.6 is 23.3 Å². The molecule has 0 fully saturated rings. The molecule has 0 spiro atoms. The summed E-state index contributed by atoms with van der Waals surface area (Å²) in [5, 5.41) is 0. The van der Waals surface area contributed by atoms with E-state index in [1.807, 2.05) is 12.1 Å². The molecular formula is C8H7ClN2OS. The van der Waals surface area contributed by atoms with Crippen LogP contribution in [0.25, 0.3) is 11.0 Å². The third-order valence-corrected chi connectivity index (χ3v) is 2.65. The molecule has 0 bridgehead atoms. The molecule has 0 aliphatic carbocycles. The Morgan fingerprint density at radius 3 is 3.00 bits per heavy atom. The fourth-order valence-electron chi connectivity index (χ4n) is 1.21. The Labute approximate surface area is 84.6 Å². The molecule has 68 valence electrons. The van der Waals surface area contributed by atoms with Crippen molar-refractivity contribution in [1.29, 1.82) is 0 Å². The molecule has 0 saturated heterocycles. The summed E-state index contributed by atoms with van der Waals surface area (Å²) in [7, 11) is 1.62. The van der Waals surface area contributed by atoms with Gasteiger partial charge in [-0.25, -0.2) is 0 Å². The molecule has 1 heterocycles. The highest BCUT2D eigenvalue weighted by Crippen LogP contribution is 2.27. The number of hydrogen-bond donors (Lipinski definition) is 0. The predicted octanol–water partition coefficient (Wildman–Crippen LogP) is 2.44. The standard InChI is InChI=1S/C8H7ClN2OS/c1-12-7-3-2-6-8(5(7)4-9)11-13-10-6/h2-3H,4H2,1H3. The van der Waals surface area contributed by atoms with Gasteiger partial charge in [-0.15, -0.1) is 11.6 Å². The van der Waals surface area contributed by atoms with Gasteiger partial charge in [-0.1, -0.05) is 0 Å². The van der Waals surface area contributed by atoms with E-state index in [9.17, 15) is 0 Å². The summed E-state index contributed by atoms with van der Waals surface area (Å²) in [6.45, 7) is 0. The minimum atomic E-state index is 0.395. The molecule has 0 N–H and O–H groups in total. The molecule has 0 amide bonds. The van der Waals surface area contributed by atoms with Crippen LogP contribution in [-0.4, -0.2) is 15.9 Å². The van der Waals surface area contributed by atoms with E-state index in [4.69, 9.17) is 16.3 Å². The van der Waals surface area contributed by atoms with Gasteiger partial charge < -0.3 is 4.74 Å². The average molecular weight is 215 g/mol. The Bertz CT molecular complexity index is 429. The molecule has 0 aliphatic heterocycles. The van der Waals surface area contributed by atoms with E-state index in [1.165, 1.54) is 11.7 Å². The van der Waals surface area contributed by atoms with E-state index < -0.39 is 0 Å². The highest BCUT2D eigenvalue weighted by atomic mass is 35.5. The fourth-order valence-corrected chi connectivity index (χ4v) is 2.03. The van der Waals surface area contributed by atoms with Gasteiger partial charge in [0, 0.05) is 5.56 Å². The number of methoxy groups -OCH3 is 1. The molecule has 2 rings (SSSR count). The first-order valence-corrected chi connectivity index (χ1v) is 4.97. The van der Waals surface area contributed by atoms with Gasteiger partial charge in [-0.3, -0.25) is 0 Å². The molecule has 0 atom stereocenters. The maximum Gasteiger partial charge on any atom is 0.125 e. The molecule has 0 aliphatic rings. The quantitative estimate of drug-likeness (QED) is 0.721. The largest absolute Gasteiger partial charge is 0.496 e. The Kier molecular flexibility index (Phi) is 2.33. The summed E-state index contributed by atoms with van der Waals surface area (Å²) in [5.41, 5.74) is 2.64. The van der Waals surface area contributed by atoms with E-state index in [1.54, 1.807) is 7.11 Å². The van der Waals surface area contributed by atoms with Gasteiger partial charge in [-0.2, -0.15) is 8.75 Å². The van der Waals surface area contributed by atoms with Crippen LogP contribution in [0.1, 0.15) is 5.56 Å². The van der Waals surface area contributed by atoms with Gasteiger partial charge >= 0.3 is 0 Å². The first-order valence-electron chi connectivity index (χ1n) is 3.71. The van der Waals surface area contributed by atoms with Crippen molar-refractivity contribution >= 4 is 34.4 Å². The van der Waals surface area contributed by atoms with Crippen molar-refractivity contribution in [2.45, 2.75) is 5.88 Å². The van der Waals surface area contributed by atoms with Crippen molar-refractivity contribution in [1.82, 2.24) is 8.75 Å². The molecule has 1 aromatic carbocycles. The van der Waals surface area contributed by atoms with Crippen LogP contribution in [0.3, 0.4) is 0 Å². The third-order valence-electron chi connectivity index (χ3n) is 1.84. The molecule has 5 heteroatoms. The second kappa shape index (κ2) is 3.47. The Balaban J connectivity index is 2.74. The molecule has 1 aromatic heterocycles. The Morgan fingerprint density at radius 2 is 2.31 bits per heavy atom. The van der Waals surface area contributed by atoms with Crippen LogP contribution in [0, 0.1) is 0 Å². The van der Waals surface area contributed by atoms with Crippen molar-refractivity contribution in [3.8, 4) is 5.75 Å². The lowest BCUT2D eigenvalue weighted by atomic mass is 10.2. The maximum absolute atomic E-state index is 5.80. The van der Waals surface area contributed by atoms with Crippen LogP contribution in [0.15, 0.2) is 12.1 Å². The van der Waals surface area contributed by atoms with E-state index in [0.29, 0.717) is 5.88 Å². The van der Waals surface area contributed by atoms with Crippen molar-refractivity contribution in [2.75, 3.05) is 7.11 Å². The number of ether oxygens (including phenoxy) is 1. The first kappa shape index (κ1) is 8.72. The van der Waals surface area contributed by atoms with Crippen LogP contribution in [-0.2, 0) is 5.88 Å². The zero-order valence-electron chi connectivity index (χ0n) is 6.95. The highest BCUT2D eigenvalue weighted by Gasteiger charge is 2.09. The van der Waals surface area contributed by atoms with Gasteiger partial charge in [0.1, 0.15) is 16.8 Å².